The molecule has 1 aliphatic carbocycles. The molecule has 0 amide bonds. The minimum Gasteiger partial charge on any atom is -0.497 e. The van der Waals surface area contributed by atoms with Crippen LogP contribution < -0.4 is 10.1 Å². The molecule has 1 aliphatic heterocycles. The molecule has 0 atom stereocenters. The SMILES string of the molecule is CNC1=C(c2cccc(OC)c2)C2=NS(=O)(=O)c3cccc(c32)C1=O. The van der Waals surface area contributed by atoms with Crippen molar-refractivity contribution in [2.75, 3.05) is 14.2 Å². The standard InChI is InChI=1S/C18H14N2O4S/c1-19-17-14(10-5-3-6-11(9-10)24-2)16-15-12(18(17)21)7-4-8-13(15)25(22,23)20-16/h3-9,19H,1-2H3. The second kappa shape index (κ2) is 5.29. The molecule has 0 radical (unpaired) electrons. The summed E-state index contributed by atoms with van der Waals surface area (Å²) in [5.74, 6) is 0.349. The molecule has 0 saturated carbocycles. The van der Waals surface area contributed by atoms with Crippen LogP contribution in [0.5, 0.6) is 5.75 Å². The van der Waals surface area contributed by atoms with Gasteiger partial charge in [-0.3, -0.25) is 4.79 Å². The van der Waals surface area contributed by atoms with E-state index in [0.29, 0.717) is 39.4 Å². The lowest BCUT2D eigenvalue weighted by atomic mass is 9.83. The number of methoxy groups -OCH3 is 1. The molecule has 2 aliphatic rings. The van der Waals surface area contributed by atoms with E-state index in [9.17, 15) is 13.2 Å². The summed E-state index contributed by atoms with van der Waals surface area (Å²) in [6, 6.07) is 11.8. The van der Waals surface area contributed by atoms with Gasteiger partial charge in [0.2, 0.25) is 5.78 Å². The molecule has 2 aromatic carbocycles. The largest absolute Gasteiger partial charge is 0.497 e. The van der Waals surface area contributed by atoms with Crippen molar-refractivity contribution in [1.29, 1.82) is 0 Å². The van der Waals surface area contributed by atoms with Crippen LogP contribution in [0.25, 0.3) is 5.57 Å². The first-order valence-electron chi connectivity index (χ1n) is 7.58. The van der Waals surface area contributed by atoms with E-state index in [0.717, 1.165) is 0 Å². The van der Waals surface area contributed by atoms with Gasteiger partial charge in [0.15, 0.2) is 0 Å². The summed E-state index contributed by atoms with van der Waals surface area (Å²) in [5, 5.41) is 2.91. The Morgan fingerprint density at radius 2 is 1.88 bits per heavy atom. The van der Waals surface area contributed by atoms with Gasteiger partial charge in [0.1, 0.15) is 5.75 Å². The summed E-state index contributed by atoms with van der Waals surface area (Å²) in [6.45, 7) is 0. The van der Waals surface area contributed by atoms with Crippen molar-refractivity contribution in [3.8, 4) is 5.75 Å². The normalized spacial score (nSPS) is 17.2. The Morgan fingerprint density at radius 3 is 2.60 bits per heavy atom. The molecule has 0 spiro atoms. The van der Waals surface area contributed by atoms with Crippen molar-refractivity contribution in [2.45, 2.75) is 4.90 Å². The van der Waals surface area contributed by atoms with E-state index in [1.807, 2.05) is 0 Å². The van der Waals surface area contributed by atoms with Crippen LogP contribution in [-0.4, -0.2) is 34.1 Å². The highest BCUT2D eigenvalue weighted by atomic mass is 32.2. The summed E-state index contributed by atoms with van der Waals surface area (Å²) in [6.07, 6.45) is 0. The summed E-state index contributed by atoms with van der Waals surface area (Å²) in [5.41, 5.74) is 2.45. The van der Waals surface area contributed by atoms with Crippen LogP contribution in [0.15, 0.2) is 57.5 Å². The zero-order chi connectivity index (χ0) is 17.8. The zero-order valence-electron chi connectivity index (χ0n) is 13.5. The number of carbonyl (C=O) groups is 1. The molecule has 126 valence electrons. The summed E-state index contributed by atoms with van der Waals surface area (Å²) in [4.78, 5) is 13.0. The molecule has 7 heteroatoms. The predicted octanol–water partition coefficient (Wildman–Crippen LogP) is 2.01. The average Bonchev–Trinajstić information content (AvgIpc) is 2.89. The maximum atomic E-state index is 12.9. The third kappa shape index (κ3) is 2.12. The number of allylic oxidation sites excluding steroid dienone is 2. The van der Waals surface area contributed by atoms with Gasteiger partial charge in [-0.2, -0.15) is 12.8 Å². The van der Waals surface area contributed by atoms with E-state index in [4.69, 9.17) is 4.74 Å². The first kappa shape index (κ1) is 15.6. The Bertz CT molecular complexity index is 1100. The Labute approximate surface area is 144 Å². The molecule has 0 saturated heterocycles. The molecule has 0 fully saturated rings. The summed E-state index contributed by atoms with van der Waals surface area (Å²) >= 11 is 0. The van der Waals surface area contributed by atoms with Crippen molar-refractivity contribution in [3.05, 3.63) is 64.9 Å². The molecule has 0 unspecified atom stereocenters. The van der Waals surface area contributed by atoms with Crippen molar-refractivity contribution in [1.82, 2.24) is 5.32 Å². The number of carbonyl (C=O) groups excluding carboxylic acids is 1. The molecule has 25 heavy (non-hydrogen) atoms. The molecule has 1 heterocycles. The fourth-order valence-electron chi connectivity index (χ4n) is 3.23. The second-order valence-electron chi connectivity index (χ2n) is 5.65. The van der Waals surface area contributed by atoms with Gasteiger partial charge in [-0.1, -0.05) is 24.3 Å². The van der Waals surface area contributed by atoms with Crippen molar-refractivity contribution >= 4 is 27.1 Å². The number of rotatable bonds is 3. The number of nitrogens with zero attached hydrogens (tertiary/aromatic N) is 1. The number of hydrogen-bond acceptors (Lipinski definition) is 5. The van der Waals surface area contributed by atoms with Crippen LogP contribution in [0.3, 0.4) is 0 Å². The van der Waals surface area contributed by atoms with E-state index in [2.05, 4.69) is 9.71 Å². The highest BCUT2D eigenvalue weighted by Gasteiger charge is 2.40. The van der Waals surface area contributed by atoms with Gasteiger partial charge in [-0.15, -0.1) is 0 Å². The van der Waals surface area contributed by atoms with Crippen LogP contribution in [0.1, 0.15) is 21.5 Å². The van der Waals surface area contributed by atoms with Crippen LogP contribution in [-0.2, 0) is 10.0 Å². The molecular weight excluding hydrogens is 340 g/mol. The Kier molecular flexibility index (Phi) is 3.30. The number of Topliss-reactive ketones (excluding diaryl/α,β-unsaturated/α-hetero) is 1. The fourth-order valence-corrected chi connectivity index (χ4v) is 4.47. The molecule has 4 rings (SSSR count). The highest BCUT2D eigenvalue weighted by Crippen LogP contribution is 2.40. The van der Waals surface area contributed by atoms with Crippen molar-refractivity contribution in [3.63, 3.8) is 0 Å². The molecule has 0 aromatic heterocycles. The van der Waals surface area contributed by atoms with Crippen LogP contribution >= 0.6 is 0 Å². The topological polar surface area (TPSA) is 84.8 Å². The fraction of sp³-hybridized carbons (Fsp3) is 0.111. The lowest BCUT2D eigenvalue weighted by Crippen LogP contribution is -2.27. The summed E-state index contributed by atoms with van der Waals surface area (Å²) in [7, 11) is -0.642. The second-order valence-corrected chi connectivity index (χ2v) is 7.23. The first-order valence-corrected chi connectivity index (χ1v) is 9.02. The number of benzene rings is 2. The highest BCUT2D eigenvalue weighted by molar-refractivity contribution is 7.90. The van der Waals surface area contributed by atoms with E-state index < -0.39 is 10.0 Å². The number of ether oxygens (including phenoxy) is 1. The average molecular weight is 354 g/mol. The van der Waals surface area contributed by atoms with E-state index in [1.165, 1.54) is 6.07 Å². The number of sulfonamides is 1. The molecule has 6 nitrogen and oxygen atoms in total. The van der Waals surface area contributed by atoms with Crippen molar-refractivity contribution in [2.24, 2.45) is 4.40 Å². The Balaban J connectivity index is 2.09. The van der Waals surface area contributed by atoms with Gasteiger partial charge < -0.3 is 10.1 Å². The van der Waals surface area contributed by atoms with Gasteiger partial charge >= 0.3 is 0 Å². The third-order valence-corrected chi connectivity index (χ3v) is 5.64. The third-order valence-electron chi connectivity index (χ3n) is 4.32. The van der Waals surface area contributed by atoms with Gasteiger partial charge in [0, 0.05) is 23.7 Å². The van der Waals surface area contributed by atoms with E-state index >= 15 is 0 Å². The molecule has 0 bridgehead atoms. The number of ketones is 1. The van der Waals surface area contributed by atoms with Gasteiger partial charge in [-0.25, -0.2) is 0 Å². The van der Waals surface area contributed by atoms with Gasteiger partial charge in [-0.05, 0) is 23.8 Å². The minimum absolute atomic E-state index is 0.0731. The number of nitrogens with one attached hydrogen (secondary N) is 1. The predicted molar refractivity (Wildman–Crippen MR) is 93.5 cm³/mol. The quantitative estimate of drug-likeness (QED) is 0.911. The van der Waals surface area contributed by atoms with Gasteiger partial charge in [0.05, 0.1) is 23.4 Å². The first-order chi connectivity index (χ1) is 12.0. The van der Waals surface area contributed by atoms with Crippen LogP contribution in [0, 0.1) is 0 Å². The number of hydrogen-bond donors (Lipinski definition) is 1. The van der Waals surface area contributed by atoms with E-state index in [1.54, 1.807) is 50.6 Å². The lowest BCUT2D eigenvalue weighted by Gasteiger charge is -2.22. The monoisotopic (exact) mass is 354 g/mol. The van der Waals surface area contributed by atoms with Crippen molar-refractivity contribution < 1.29 is 17.9 Å². The minimum atomic E-state index is -3.82. The van der Waals surface area contributed by atoms with Gasteiger partial charge in [0.25, 0.3) is 10.0 Å². The maximum absolute atomic E-state index is 12.9. The molecular formula is C18H14N2O4S. The lowest BCUT2D eigenvalue weighted by molar-refractivity contribution is 0.102. The Hall–Kier alpha value is -2.93. The van der Waals surface area contributed by atoms with Crippen LogP contribution in [0.2, 0.25) is 0 Å². The molecule has 1 N–H and O–H groups in total. The zero-order valence-corrected chi connectivity index (χ0v) is 14.3. The van der Waals surface area contributed by atoms with E-state index in [-0.39, 0.29) is 10.7 Å². The Morgan fingerprint density at radius 1 is 1.12 bits per heavy atom. The smallest absolute Gasteiger partial charge is 0.283 e. The molecule has 2 aromatic rings. The van der Waals surface area contributed by atoms with Crippen LogP contribution in [0.4, 0.5) is 0 Å². The maximum Gasteiger partial charge on any atom is 0.283 e. The number of likely N-dealkylation sites (N-methyl/N-ethyl adjacent to an activating group) is 1. The summed E-state index contributed by atoms with van der Waals surface area (Å²) < 4.78 is 34.1.